The van der Waals surface area contributed by atoms with Crippen LogP contribution in [0.3, 0.4) is 0 Å². The molecule has 2 fully saturated rings. The number of nitrogens with zero attached hydrogens (tertiary/aromatic N) is 2. The molecule has 2 saturated heterocycles. The Hall–Kier alpha value is -2.29. The number of aliphatic carboxylic acids is 1. The molecular formula is C16H19F3N2O4. The summed E-state index contributed by atoms with van der Waals surface area (Å²) < 4.78 is 36.8. The van der Waals surface area contributed by atoms with Crippen molar-refractivity contribution in [2.24, 2.45) is 0 Å². The zero-order chi connectivity index (χ0) is 18.6. The van der Waals surface area contributed by atoms with E-state index in [9.17, 15) is 18.0 Å². The molecule has 0 spiro atoms. The monoisotopic (exact) mass is 360 g/mol. The van der Waals surface area contributed by atoms with Crippen LogP contribution in [0.15, 0.2) is 35.7 Å². The third-order valence-corrected chi connectivity index (χ3v) is 4.26. The normalized spacial score (nSPS) is 23.2. The third-order valence-electron chi connectivity index (χ3n) is 4.26. The zero-order valence-corrected chi connectivity index (χ0v) is 13.4. The fraction of sp³-hybridized carbons (Fsp3) is 0.500. The molecule has 25 heavy (non-hydrogen) atoms. The molecule has 3 heterocycles. The van der Waals surface area contributed by atoms with Gasteiger partial charge in [-0.1, -0.05) is 6.08 Å². The smallest absolute Gasteiger partial charge is 0.475 e. The van der Waals surface area contributed by atoms with Crippen molar-refractivity contribution in [3.8, 4) is 0 Å². The predicted octanol–water partition coefficient (Wildman–Crippen LogP) is 2.27. The number of carbonyl (C=O) groups excluding carboxylic acids is 1. The van der Waals surface area contributed by atoms with E-state index in [0.717, 1.165) is 19.5 Å². The fourth-order valence-corrected chi connectivity index (χ4v) is 3.20. The van der Waals surface area contributed by atoms with E-state index in [1.54, 1.807) is 12.5 Å². The Labute approximate surface area is 142 Å². The summed E-state index contributed by atoms with van der Waals surface area (Å²) in [5.41, 5.74) is 1.19. The van der Waals surface area contributed by atoms with Crippen LogP contribution in [-0.2, 0) is 16.1 Å². The summed E-state index contributed by atoms with van der Waals surface area (Å²) in [5.74, 6) is -2.49. The number of hydrogen-bond acceptors (Lipinski definition) is 4. The van der Waals surface area contributed by atoms with E-state index in [2.05, 4.69) is 11.5 Å². The molecule has 9 heteroatoms. The highest BCUT2D eigenvalue weighted by Gasteiger charge is 2.45. The number of hydrogen-bond donors (Lipinski definition) is 1. The number of carboxylic acids is 1. The molecule has 0 radical (unpaired) electrons. The number of carboxylic acid groups (broad SMARTS) is 1. The molecule has 1 aromatic heterocycles. The molecule has 0 unspecified atom stereocenters. The fourth-order valence-electron chi connectivity index (χ4n) is 3.20. The Kier molecular flexibility index (Phi) is 5.89. The van der Waals surface area contributed by atoms with Crippen LogP contribution < -0.4 is 0 Å². The van der Waals surface area contributed by atoms with Gasteiger partial charge < -0.3 is 14.4 Å². The van der Waals surface area contributed by atoms with Gasteiger partial charge in [-0.15, -0.1) is 6.58 Å². The molecule has 0 aromatic carbocycles. The lowest BCUT2D eigenvalue weighted by atomic mass is 10.1. The van der Waals surface area contributed by atoms with Crippen molar-refractivity contribution in [1.82, 2.24) is 9.80 Å². The van der Waals surface area contributed by atoms with Crippen LogP contribution in [-0.4, -0.2) is 58.1 Å². The van der Waals surface area contributed by atoms with Gasteiger partial charge in [-0.3, -0.25) is 9.69 Å². The van der Waals surface area contributed by atoms with E-state index in [0.29, 0.717) is 25.0 Å². The van der Waals surface area contributed by atoms with Crippen molar-refractivity contribution in [2.75, 3.05) is 13.1 Å². The van der Waals surface area contributed by atoms with Gasteiger partial charge in [0.05, 0.1) is 12.5 Å². The van der Waals surface area contributed by atoms with Gasteiger partial charge in [0.1, 0.15) is 0 Å². The number of furan rings is 1. The highest BCUT2D eigenvalue weighted by atomic mass is 19.4. The highest BCUT2D eigenvalue weighted by molar-refractivity contribution is 5.80. The maximum absolute atomic E-state index is 12.0. The largest absolute Gasteiger partial charge is 0.490 e. The summed E-state index contributed by atoms with van der Waals surface area (Å²) in [6.07, 6.45) is 1.94. The van der Waals surface area contributed by atoms with Gasteiger partial charge in [0.2, 0.25) is 5.91 Å². The Morgan fingerprint density at radius 1 is 1.44 bits per heavy atom. The molecule has 0 aliphatic carbocycles. The van der Waals surface area contributed by atoms with Crippen LogP contribution in [0, 0.1) is 0 Å². The maximum atomic E-state index is 12.0. The van der Waals surface area contributed by atoms with Crippen LogP contribution in [0.5, 0.6) is 0 Å². The third kappa shape index (κ3) is 4.62. The molecule has 1 aromatic rings. The van der Waals surface area contributed by atoms with E-state index >= 15 is 0 Å². The topological polar surface area (TPSA) is 74.0 Å². The molecule has 2 aliphatic heterocycles. The molecule has 1 amide bonds. The molecule has 2 aliphatic rings. The lowest BCUT2D eigenvalue weighted by Crippen LogP contribution is -2.37. The number of carbonyl (C=O) groups is 2. The second-order valence-corrected chi connectivity index (χ2v) is 5.87. The standard InChI is InChI=1S/C14H18N2O2.C2HF3O2/c1-2-5-16-12-3-6-15(13(12)8-14(16)17)9-11-4-7-18-10-11;3-2(4,5)1(6)7/h2,4,7,10,12-13H,1,3,5-6,8-9H2;(H,6,7)/t12-,13+;/m0./s1. The Morgan fingerprint density at radius 2 is 2.12 bits per heavy atom. The van der Waals surface area contributed by atoms with Gasteiger partial charge in [-0.2, -0.15) is 13.2 Å². The quantitative estimate of drug-likeness (QED) is 0.834. The van der Waals surface area contributed by atoms with E-state index in [1.165, 1.54) is 5.56 Å². The average Bonchev–Trinajstić information content (AvgIpc) is 3.21. The van der Waals surface area contributed by atoms with Crippen molar-refractivity contribution in [3.05, 3.63) is 36.8 Å². The lowest BCUT2D eigenvalue weighted by Gasteiger charge is -2.24. The van der Waals surface area contributed by atoms with Gasteiger partial charge in [0.25, 0.3) is 0 Å². The van der Waals surface area contributed by atoms with Crippen LogP contribution in [0.25, 0.3) is 0 Å². The minimum atomic E-state index is -5.08. The first-order valence-electron chi connectivity index (χ1n) is 7.69. The number of halogens is 3. The van der Waals surface area contributed by atoms with Crippen LogP contribution in [0.1, 0.15) is 18.4 Å². The summed E-state index contributed by atoms with van der Waals surface area (Å²) >= 11 is 0. The first-order valence-corrected chi connectivity index (χ1v) is 7.69. The van der Waals surface area contributed by atoms with Crippen molar-refractivity contribution in [3.63, 3.8) is 0 Å². The van der Waals surface area contributed by atoms with Gasteiger partial charge >= 0.3 is 12.1 Å². The number of alkyl halides is 3. The van der Waals surface area contributed by atoms with Gasteiger partial charge in [-0.05, 0) is 12.5 Å². The molecular weight excluding hydrogens is 341 g/mol. The molecule has 0 bridgehead atoms. The Morgan fingerprint density at radius 3 is 2.64 bits per heavy atom. The summed E-state index contributed by atoms with van der Waals surface area (Å²) in [6, 6.07) is 2.74. The molecule has 138 valence electrons. The predicted molar refractivity (Wildman–Crippen MR) is 81.5 cm³/mol. The van der Waals surface area contributed by atoms with Crippen molar-refractivity contribution in [2.45, 2.75) is 37.6 Å². The van der Waals surface area contributed by atoms with Crippen LogP contribution >= 0.6 is 0 Å². The van der Waals surface area contributed by atoms with Gasteiger partial charge in [-0.25, -0.2) is 4.79 Å². The molecule has 0 saturated carbocycles. The number of likely N-dealkylation sites (tertiary alicyclic amines) is 2. The second-order valence-electron chi connectivity index (χ2n) is 5.87. The van der Waals surface area contributed by atoms with Crippen molar-refractivity contribution >= 4 is 11.9 Å². The second kappa shape index (κ2) is 7.73. The summed E-state index contributed by atoms with van der Waals surface area (Å²) in [6.45, 7) is 6.35. The Bertz CT molecular complexity index is 615. The number of amides is 1. The SMILES string of the molecule is C=CCN1C(=O)C[C@@H]2[C@@H]1CCN2Cc1ccoc1.O=C(O)C(F)(F)F. The first-order chi connectivity index (χ1) is 11.7. The van der Waals surface area contributed by atoms with Crippen molar-refractivity contribution in [1.29, 1.82) is 0 Å². The lowest BCUT2D eigenvalue weighted by molar-refractivity contribution is -0.192. The summed E-state index contributed by atoms with van der Waals surface area (Å²) in [4.78, 5) is 25.2. The van der Waals surface area contributed by atoms with E-state index in [-0.39, 0.29) is 5.91 Å². The molecule has 3 rings (SSSR count). The molecule has 1 N–H and O–H groups in total. The average molecular weight is 360 g/mol. The Balaban J connectivity index is 0.000000277. The van der Waals surface area contributed by atoms with Gasteiger partial charge in [0.15, 0.2) is 0 Å². The maximum Gasteiger partial charge on any atom is 0.490 e. The van der Waals surface area contributed by atoms with E-state index < -0.39 is 12.1 Å². The molecule has 2 atom stereocenters. The zero-order valence-electron chi connectivity index (χ0n) is 13.4. The van der Waals surface area contributed by atoms with Crippen LogP contribution in [0.2, 0.25) is 0 Å². The first kappa shape index (κ1) is 19.0. The molecule has 6 nitrogen and oxygen atoms in total. The minimum absolute atomic E-state index is 0.266. The number of fused-ring (bicyclic) bond motifs is 1. The number of rotatable bonds is 4. The van der Waals surface area contributed by atoms with Crippen LogP contribution in [0.4, 0.5) is 13.2 Å². The van der Waals surface area contributed by atoms with Gasteiger partial charge in [0, 0.05) is 43.7 Å². The summed E-state index contributed by atoms with van der Waals surface area (Å²) in [5, 5.41) is 7.12. The highest BCUT2D eigenvalue weighted by Crippen LogP contribution is 2.33. The minimum Gasteiger partial charge on any atom is -0.475 e. The van der Waals surface area contributed by atoms with E-state index in [4.69, 9.17) is 14.3 Å². The van der Waals surface area contributed by atoms with E-state index in [1.807, 2.05) is 17.0 Å². The summed E-state index contributed by atoms with van der Waals surface area (Å²) in [7, 11) is 0. The van der Waals surface area contributed by atoms with Crippen molar-refractivity contribution < 1.29 is 32.3 Å².